The van der Waals surface area contributed by atoms with Crippen LogP contribution in [0.3, 0.4) is 0 Å². The Kier molecular flexibility index (Phi) is 4.71. The first-order chi connectivity index (χ1) is 12.1. The summed E-state index contributed by atoms with van der Waals surface area (Å²) in [7, 11) is 0. The summed E-state index contributed by atoms with van der Waals surface area (Å²) in [5.74, 6) is -1.71. The minimum atomic E-state index is -0.613. The lowest BCUT2D eigenvalue weighted by Gasteiger charge is -2.07. The van der Waals surface area contributed by atoms with E-state index in [0.717, 1.165) is 12.1 Å². The maximum Gasteiger partial charge on any atom is 0.291 e. The standard InChI is InChI=1S/C19H14N2O4/c22-15-11-16(18(23)20-13-7-3-1-4-8-13)25-17(12-15)19(24)21-14-9-5-2-6-10-14/h1-12H,(H,20,23)(H,21,24). The number of hydrogen-bond donors (Lipinski definition) is 2. The summed E-state index contributed by atoms with van der Waals surface area (Å²) < 4.78 is 5.30. The second-order valence-corrected chi connectivity index (χ2v) is 5.16. The lowest BCUT2D eigenvalue weighted by molar-refractivity contribution is 0.0967. The molecule has 0 saturated heterocycles. The Labute approximate surface area is 143 Å². The molecule has 3 rings (SSSR count). The van der Waals surface area contributed by atoms with Crippen LogP contribution in [-0.4, -0.2) is 11.8 Å². The molecule has 6 heteroatoms. The van der Waals surface area contributed by atoms with Crippen molar-refractivity contribution in [3.8, 4) is 0 Å². The molecular formula is C19H14N2O4. The highest BCUT2D eigenvalue weighted by atomic mass is 16.4. The first kappa shape index (κ1) is 16.2. The highest BCUT2D eigenvalue weighted by Crippen LogP contribution is 2.11. The van der Waals surface area contributed by atoms with Gasteiger partial charge < -0.3 is 15.1 Å². The SMILES string of the molecule is O=C(Nc1ccccc1)c1cc(=O)cc(C(=O)Nc2ccccc2)o1. The summed E-state index contributed by atoms with van der Waals surface area (Å²) in [5.41, 5.74) is 0.603. The van der Waals surface area contributed by atoms with Crippen molar-refractivity contribution in [1.82, 2.24) is 0 Å². The molecule has 0 atom stereocenters. The van der Waals surface area contributed by atoms with Gasteiger partial charge >= 0.3 is 0 Å². The number of carbonyl (C=O) groups is 2. The van der Waals surface area contributed by atoms with E-state index in [2.05, 4.69) is 10.6 Å². The first-order valence-corrected chi connectivity index (χ1v) is 7.50. The van der Waals surface area contributed by atoms with Crippen molar-refractivity contribution in [3.63, 3.8) is 0 Å². The predicted octanol–water partition coefficient (Wildman–Crippen LogP) is 3.14. The summed E-state index contributed by atoms with van der Waals surface area (Å²) in [5, 5.41) is 5.20. The highest BCUT2D eigenvalue weighted by molar-refractivity contribution is 6.04. The fourth-order valence-electron chi connectivity index (χ4n) is 2.13. The summed E-state index contributed by atoms with van der Waals surface area (Å²) in [6.07, 6.45) is 0. The summed E-state index contributed by atoms with van der Waals surface area (Å²) in [4.78, 5) is 36.3. The Balaban J connectivity index is 1.81. The smallest absolute Gasteiger partial charge is 0.291 e. The number of amides is 2. The molecule has 2 amide bonds. The Hall–Kier alpha value is -3.67. The van der Waals surface area contributed by atoms with Crippen LogP contribution in [0.1, 0.15) is 21.1 Å². The summed E-state index contributed by atoms with van der Waals surface area (Å²) in [6.45, 7) is 0. The highest BCUT2D eigenvalue weighted by Gasteiger charge is 2.16. The van der Waals surface area contributed by atoms with E-state index in [1.165, 1.54) is 0 Å². The Morgan fingerprint density at radius 3 is 1.48 bits per heavy atom. The van der Waals surface area contributed by atoms with Gasteiger partial charge in [-0.2, -0.15) is 0 Å². The van der Waals surface area contributed by atoms with Crippen molar-refractivity contribution in [2.45, 2.75) is 0 Å². The van der Waals surface area contributed by atoms with Gasteiger partial charge in [-0.15, -0.1) is 0 Å². The van der Waals surface area contributed by atoms with Gasteiger partial charge in [0.2, 0.25) is 0 Å². The molecule has 0 saturated carbocycles. The van der Waals surface area contributed by atoms with Gasteiger partial charge in [0.25, 0.3) is 11.8 Å². The van der Waals surface area contributed by atoms with E-state index < -0.39 is 17.2 Å². The quantitative estimate of drug-likeness (QED) is 0.767. The van der Waals surface area contributed by atoms with Crippen molar-refractivity contribution in [1.29, 1.82) is 0 Å². The fraction of sp³-hybridized carbons (Fsp3) is 0. The van der Waals surface area contributed by atoms with Gasteiger partial charge in [0, 0.05) is 23.5 Å². The number of anilines is 2. The molecular weight excluding hydrogens is 320 g/mol. The van der Waals surface area contributed by atoms with Gasteiger partial charge in [0.15, 0.2) is 16.9 Å². The molecule has 0 aliphatic heterocycles. The van der Waals surface area contributed by atoms with Crippen molar-refractivity contribution in [2.75, 3.05) is 10.6 Å². The van der Waals surface area contributed by atoms with Gasteiger partial charge in [-0.25, -0.2) is 0 Å². The Morgan fingerprint density at radius 2 is 1.08 bits per heavy atom. The maximum atomic E-state index is 12.2. The van der Waals surface area contributed by atoms with Gasteiger partial charge in [-0.1, -0.05) is 36.4 Å². The molecule has 3 aromatic rings. The van der Waals surface area contributed by atoms with Crippen LogP contribution in [0.2, 0.25) is 0 Å². The molecule has 0 fully saturated rings. The van der Waals surface area contributed by atoms with Gasteiger partial charge in [0.1, 0.15) is 0 Å². The molecule has 1 heterocycles. The molecule has 25 heavy (non-hydrogen) atoms. The molecule has 1 aromatic heterocycles. The van der Waals surface area contributed by atoms with Crippen LogP contribution in [0.4, 0.5) is 11.4 Å². The van der Waals surface area contributed by atoms with E-state index in [4.69, 9.17) is 4.42 Å². The third-order valence-electron chi connectivity index (χ3n) is 3.28. The van der Waals surface area contributed by atoms with E-state index >= 15 is 0 Å². The maximum absolute atomic E-state index is 12.2. The zero-order valence-electron chi connectivity index (χ0n) is 13.1. The topological polar surface area (TPSA) is 88.4 Å². The Bertz CT molecular complexity index is 875. The van der Waals surface area contributed by atoms with Crippen molar-refractivity contribution < 1.29 is 14.0 Å². The lowest BCUT2D eigenvalue weighted by atomic mass is 10.2. The average molecular weight is 334 g/mol. The van der Waals surface area contributed by atoms with Crippen LogP contribution in [-0.2, 0) is 0 Å². The third-order valence-corrected chi connectivity index (χ3v) is 3.28. The van der Waals surface area contributed by atoms with Crippen molar-refractivity contribution in [2.24, 2.45) is 0 Å². The Morgan fingerprint density at radius 1 is 0.680 bits per heavy atom. The number of para-hydroxylation sites is 2. The number of benzene rings is 2. The minimum Gasteiger partial charge on any atom is -0.445 e. The van der Waals surface area contributed by atoms with E-state index in [9.17, 15) is 14.4 Å². The number of rotatable bonds is 4. The molecule has 124 valence electrons. The average Bonchev–Trinajstić information content (AvgIpc) is 2.63. The van der Waals surface area contributed by atoms with Crippen LogP contribution in [0.25, 0.3) is 0 Å². The molecule has 0 bridgehead atoms. The molecule has 2 N–H and O–H groups in total. The summed E-state index contributed by atoms with van der Waals surface area (Å²) >= 11 is 0. The van der Waals surface area contributed by atoms with Crippen molar-refractivity contribution in [3.05, 3.63) is 94.5 Å². The molecule has 2 aromatic carbocycles. The molecule has 0 radical (unpaired) electrons. The van der Waals surface area contributed by atoms with Crippen LogP contribution in [0.15, 0.2) is 82.0 Å². The number of nitrogens with one attached hydrogen (secondary N) is 2. The summed E-state index contributed by atoms with van der Waals surface area (Å²) in [6, 6.07) is 19.5. The minimum absolute atomic E-state index is 0.241. The largest absolute Gasteiger partial charge is 0.445 e. The predicted molar refractivity (Wildman–Crippen MR) is 93.8 cm³/mol. The lowest BCUT2D eigenvalue weighted by Crippen LogP contribution is -2.19. The van der Waals surface area contributed by atoms with E-state index in [1.54, 1.807) is 48.5 Å². The normalized spacial score (nSPS) is 10.1. The molecule has 0 aliphatic rings. The fourth-order valence-corrected chi connectivity index (χ4v) is 2.13. The zero-order valence-corrected chi connectivity index (χ0v) is 13.1. The molecule has 0 spiro atoms. The number of hydrogen-bond acceptors (Lipinski definition) is 4. The number of carbonyl (C=O) groups excluding carboxylic acids is 2. The van der Waals surface area contributed by atoms with Gasteiger partial charge in [0.05, 0.1) is 0 Å². The zero-order chi connectivity index (χ0) is 17.6. The van der Waals surface area contributed by atoms with Gasteiger partial charge in [-0.3, -0.25) is 14.4 Å². The van der Waals surface area contributed by atoms with Gasteiger partial charge in [-0.05, 0) is 24.3 Å². The van der Waals surface area contributed by atoms with E-state index in [1.807, 2.05) is 12.1 Å². The van der Waals surface area contributed by atoms with Crippen LogP contribution >= 0.6 is 0 Å². The third kappa shape index (κ3) is 4.20. The molecule has 0 unspecified atom stereocenters. The first-order valence-electron chi connectivity index (χ1n) is 7.50. The van der Waals surface area contributed by atoms with Crippen LogP contribution in [0, 0.1) is 0 Å². The molecule has 0 aliphatic carbocycles. The van der Waals surface area contributed by atoms with E-state index in [0.29, 0.717) is 11.4 Å². The van der Waals surface area contributed by atoms with Crippen molar-refractivity contribution >= 4 is 23.2 Å². The second kappa shape index (κ2) is 7.27. The van der Waals surface area contributed by atoms with Crippen LogP contribution in [0.5, 0.6) is 0 Å². The monoisotopic (exact) mass is 334 g/mol. The molecule has 6 nitrogen and oxygen atoms in total. The second-order valence-electron chi connectivity index (χ2n) is 5.16. The van der Waals surface area contributed by atoms with Crippen LogP contribution < -0.4 is 16.1 Å². The van der Waals surface area contributed by atoms with E-state index in [-0.39, 0.29) is 11.5 Å².